The lowest BCUT2D eigenvalue weighted by Crippen LogP contribution is -2.70. The first-order chi connectivity index (χ1) is 20.0. The maximum atomic E-state index is 15.2. The topological polar surface area (TPSA) is 91.7 Å². The van der Waals surface area contributed by atoms with Gasteiger partial charge in [-0.1, -0.05) is 65.7 Å². The number of benzene rings is 1. The van der Waals surface area contributed by atoms with E-state index in [0.29, 0.717) is 25.7 Å². The van der Waals surface area contributed by atoms with Crippen LogP contribution in [-0.2, 0) is 14.4 Å². The number of hydrogen-bond donors (Lipinski definition) is 2. The van der Waals surface area contributed by atoms with E-state index in [-0.39, 0.29) is 41.4 Å². The van der Waals surface area contributed by atoms with Crippen molar-refractivity contribution >= 4 is 23.1 Å². The molecule has 1 aromatic carbocycles. The van der Waals surface area contributed by atoms with Crippen LogP contribution in [0.4, 0.5) is 0 Å². The summed E-state index contributed by atoms with van der Waals surface area (Å²) in [6, 6.07) is 5.92. The van der Waals surface area contributed by atoms with E-state index in [1.54, 1.807) is 12.1 Å². The van der Waals surface area contributed by atoms with E-state index in [4.69, 9.17) is 0 Å². The first-order valence-electron chi connectivity index (χ1n) is 15.4. The Kier molecular flexibility index (Phi) is 10.3. The Morgan fingerprint density at radius 2 is 1.42 bits per heavy atom. The maximum Gasteiger partial charge on any atom is 0.184 e. The van der Waals surface area contributed by atoms with Crippen molar-refractivity contribution in [1.82, 2.24) is 0 Å². The minimum Gasteiger partial charge on any atom is -0.508 e. The van der Waals surface area contributed by atoms with Crippen LogP contribution < -0.4 is 0 Å². The number of ketones is 3. The van der Waals surface area contributed by atoms with Gasteiger partial charge in [0.25, 0.3) is 0 Å². The monoisotopic (exact) mass is 586 g/mol. The highest BCUT2D eigenvalue weighted by molar-refractivity contribution is 6.41. The molecule has 0 heterocycles. The Balaban J connectivity index is 2.50. The molecule has 43 heavy (non-hydrogen) atoms. The third kappa shape index (κ3) is 6.27. The summed E-state index contributed by atoms with van der Waals surface area (Å²) in [6.45, 7) is 18.0. The Morgan fingerprint density at radius 1 is 0.837 bits per heavy atom. The summed E-state index contributed by atoms with van der Waals surface area (Å²) >= 11 is 0. The van der Waals surface area contributed by atoms with Crippen molar-refractivity contribution in [3.05, 3.63) is 82.0 Å². The molecule has 232 valence electrons. The van der Waals surface area contributed by atoms with Gasteiger partial charge in [-0.25, -0.2) is 0 Å². The summed E-state index contributed by atoms with van der Waals surface area (Å²) < 4.78 is 0. The summed E-state index contributed by atoms with van der Waals surface area (Å²) in [5, 5.41) is 21.8. The van der Waals surface area contributed by atoms with Crippen molar-refractivity contribution in [2.45, 2.75) is 101 Å². The number of rotatable bonds is 10. The number of phenolic OH excluding ortho intramolecular Hbond substituents is 1. The number of Topliss-reactive ketones (excluding diaryl/α,β-unsaturated/α-hetero) is 3. The molecule has 0 saturated heterocycles. The van der Waals surface area contributed by atoms with E-state index in [9.17, 15) is 15.0 Å². The van der Waals surface area contributed by atoms with E-state index in [1.807, 2.05) is 67.5 Å². The van der Waals surface area contributed by atoms with Crippen LogP contribution in [0.25, 0.3) is 5.76 Å². The van der Waals surface area contributed by atoms with Gasteiger partial charge in [0.05, 0.1) is 5.41 Å². The molecule has 2 aliphatic carbocycles. The molecule has 4 atom stereocenters. The van der Waals surface area contributed by atoms with Crippen molar-refractivity contribution in [2.75, 3.05) is 0 Å². The molecular weight excluding hydrogens is 536 g/mol. The van der Waals surface area contributed by atoms with Crippen LogP contribution in [0.5, 0.6) is 5.75 Å². The van der Waals surface area contributed by atoms with Crippen LogP contribution in [0.1, 0.15) is 106 Å². The largest absolute Gasteiger partial charge is 0.508 e. The van der Waals surface area contributed by atoms with Gasteiger partial charge in [0, 0.05) is 5.56 Å². The highest BCUT2D eigenvalue weighted by Gasteiger charge is 2.74. The lowest BCUT2D eigenvalue weighted by Gasteiger charge is -2.61. The third-order valence-corrected chi connectivity index (χ3v) is 9.63. The second kappa shape index (κ2) is 13.0. The Hall–Kier alpha value is -3.47. The van der Waals surface area contributed by atoms with Gasteiger partial charge in [0.15, 0.2) is 17.3 Å². The number of carbonyl (C=O) groups is 3. The van der Waals surface area contributed by atoms with Gasteiger partial charge in [-0.3, -0.25) is 14.4 Å². The molecule has 2 bridgehead atoms. The van der Waals surface area contributed by atoms with Crippen LogP contribution in [0, 0.1) is 22.2 Å². The number of fused-ring (bicyclic) bond motifs is 2. The number of allylic oxidation sites excluding steroid dienone is 9. The van der Waals surface area contributed by atoms with Gasteiger partial charge in [0.1, 0.15) is 22.5 Å². The van der Waals surface area contributed by atoms with Crippen LogP contribution in [-0.4, -0.2) is 27.6 Å². The van der Waals surface area contributed by atoms with Crippen molar-refractivity contribution in [2.24, 2.45) is 22.2 Å². The molecule has 5 heteroatoms. The van der Waals surface area contributed by atoms with Gasteiger partial charge < -0.3 is 10.2 Å². The van der Waals surface area contributed by atoms with Crippen LogP contribution in [0.2, 0.25) is 0 Å². The zero-order valence-electron chi connectivity index (χ0n) is 27.6. The highest BCUT2D eigenvalue weighted by Crippen LogP contribution is 2.67. The standard InChI is InChI=1S/C38H50O5/c1-24(2)12-11-19-36(9)29(16-15-25(3)4)23-37(20-17-26(5)6)33(41)31(32(40)28-13-10-14-30(39)22-28)34(42)38(36,35(37)43)21-18-27(7)8/h10,12-15,17-18,22,29,39-40H,11,16,19-21,23H2,1-9H3/b32-31+/t29-,36+,37+,38-/m1/s1. The fourth-order valence-electron chi connectivity index (χ4n) is 7.10. The second-order valence-electron chi connectivity index (χ2n) is 13.9. The predicted molar refractivity (Wildman–Crippen MR) is 175 cm³/mol. The molecule has 2 fully saturated rings. The quantitative estimate of drug-likeness (QED) is 0.0937. The number of phenols is 1. The van der Waals surface area contributed by atoms with Gasteiger partial charge in [-0.05, 0) is 117 Å². The van der Waals surface area contributed by atoms with Crippen molar-refractivity contribution in [1.29, 1.82) is 0 Å². The highest BCUT2D eigenvalue weighted by atomic mass is 16.3. The average Bonchev–Trinajstić information content (AvgIpc) is 2.91. The lowest BCUT2D eigenvalue weighted by atomic mass is 9.37. The number of aliphatic hydroxyl groups excluding tert-OH is 1. The smallest absolute Gasteiger partial charge is 0.184 e. The minimum atomic E-state index is -1.55. The Morgan fingerprint density at radius 3 is 1.98 bits per heavy atom. The van der Waals surface area contributed by atoms with Crippen LogP contribution >= 0.6 is 0 Å². The molecule has 0 aromatic heterocycles. The lowest BCUT2D eigenvalue weighted by molar-refractivity contribution is -0.178. The minimum absolute atomic E-state index is 0.0940. The summed E-state index contributed by atoms with van der Waals surface area (Å²) in [5.41, 5.74) is 0.267. The van der Waals surface area contributed by atoms with Gasteiger partial charge in [-0.15, -0.1) is 0 Å². The number of carbonyl (C=O) groups excluding carboxylic acids is 3. The summed E-state index contributed by atoms with van der Waals surface area (Å²) in [6.07, 6.45) is 10.7. The van der Waals surface area contributed by atoms with Crippen molar-refractivity contribution in [3.8, 4) is 5.75 Å². The molecule has 1 aromatic rings. The normalized spacial score (nSPS) is 27.7. The molecule has 2 saturated carbocycles. The van der Waals surface area contributed by atoms with Gasteiger partial charge in [0.2, 0.25) is 0 Å². The van der Waals surface area contributed by atoms with Gasteiger partial charge in [-0.2, -0.15) is 0 Å². The van der Waals surface area contributed by atoms with E-state index >= 15 is 9.59 Å². The number of aromatic hydroxyl groups is 1. The first kappa shape index (κ1) is 34.0. The Labute approximate surface area is 258 Å². The van der Waals surface area contributed by atoms with E-state index < -0.39 is 33.6 Å². The molecule has 2 N–H and O–H groups in total. The molecule has 0 radical (unpaired) electrons. The summed E-state index contributed by atoms with van der Waals surface area (Å²) in [4.78, 5) is 44.9. The maximum absolute atomic E-state index is 15.2. The zero-order valence-corrected chi connectivity index (χ0v) is 27.6. The molecular formula is C38H50O5. The fourth-order valence-corrected chi connectivity index (χ4v) is 7.10. The molecule has 0 spiro atoms. The number of hydrogen-bond acceptors (Lipinski definition) is 5. The number of aliphatic hydroxyl groups is 1. The first-order valence-corrected chi connectivity index (χ1v) is 15.4. The van der Waals surface area contributed by atoms with Crippen LogP contribution in [0.15, 0.2) is 76.4 Å². The molecule has 5 nitrogen and oxygen atoms in total. The molecule has 2 aliphatic rings. The molecule has 0 unspecified atom stereocenters. The van der Waals surface area contributed by atoms with E-state index in [2.05, 4.69) is 19.1 Å². The molecule has 0 aliphatic heterocycles. The van der Waals surface area contributed by atoms with Gasteiger partial charge >= 0.3 is 0 Å². The average molecular weight is 587 g/mol. The van der Waals surface area contributed by atoms with Crippen molar-refractivity contribution in [3.63, 3.8) is 0 Å². The summed E-state index contributed by atoms with van der Waals surface area (Å²) in [5.74, 6) is -2.22. The molecule has 0 amide bonds. The third-order valence-electron chi connectivity index (χ3n) is 9.63. The van der Waals surface area contributed by atoms with E-state index in [0.717, 1.165) is 22.3 Å². The SMILES string of the molecule is CC(C)=CCC[C@@]1(C)[C@H](CC=C(C)C)C[C@@]2(CC=C(C)C)C(=O)/C(=C(\O)c3cccc(O)c3)C(=O)[C@]1(CC=C(C)C)C2=O. The summed E-state index contributed by atoms with van der Waals surface area (Å²) in [7, 11) is 0. The zero-order chi connectivity index (χ0) is 32.3. The Bertz CT molecular complexity index is 1430. The second-order valence-corrected chi connectivity index (χ2v) is 13.9. The van der Waals surface area contributed by atoms with E-state index in [1.165, 1.54) is 12.1 Å². The fraction of sp³-hybridized carbons (Fsp3) is 0.500. The van der Waals surface area contributed by atoms with Crippen molar-refractivity contribution < 1.29 is 24.6 Å². The van der Waals surface area contributed by atoms with Crippen LogP contribution in [0.3, 0.4) is 0 Å². The predicted octanol–water partition coefficient (Wildman–Crippen LogP) is 9.20. The molecule has 3 rings (SSSR count).